The zero-order valence-electron chi connectivity index (χ0n) is 12.8. The Balaban J connectivity index is 1.98. The topological polar surface area (TPSA) is 24.7 Å². The number of rotatable bonds is 6. The quantitative estimate of drug-likeness (QED) is 0.411. The zero-order valence-corrected chi connectivity index (χ0v) is 12.8. The molecule has 0 saturated heterocycles. The molecule has 0 fully saturated rings. The lowest BCUT2D eigenvalue weighted by Gasteiger charge is -1.99. The molecule has 23 heavy (non-hydrogen) atoms. The molecule has 0 amide bonds. The monoisotopic (exact) mass is 318 g/mol. The molecule has 0 atom stereocenters. The van der Waals surface area contributed by atoms with E-state index < -0.39 is 17.5 Å². The summed E-state index contributed by atoms with van der Waals surface area (Å²) in [6.45, 7) is 2.15. The maximum absolute atomic E-state index is 13.0. The number of hydrogen-bond donors (Lipinski definition) is 0. The van der Waals surface area contributed by atoms with Crippen molar-refractivity contribution in [3.05, 3.63) is 70.5 Å². The predicted octanol–water partition coefficient (Wildman–Crippen LogP) is 4.90. The molecular formula is C18H17F3N2. The molecule has 2 rings (SSSR count). The van der Waals surface area contributed by atoms with E-state index in [1.807, 2.05) is 24.3 Å². The number of halogens is 3. The number of benzene rings is 2. The highest BCUT2D eigenvalue weighted by Gasteiger charge is 2.09. The summed E-state index contributed by atoms with van der Waals surface area (Å²) < 4.78 is 38.9. The summed E-state index contributed by atoms with van der Waals surface area (Å²) in [4.78, 5) is 0. The Morgan fingerprint density at radius 2 is 1.43 bits per heavy atom. The Kier molecular flexibility index (Phi) is 6.09. The molecule has 0 unspecified atom stereocenters. The number of unbranched alkanes of at least 4 members (excludes halogenated alkanes) is 1. The van der Waals surface area contributed by atoms with Gasteiger partial charge in [-0.15, -0.1) is 0 Å². The van der Waals surface area contributed by atoms with Gasteiger partial charge < -0.3 is 0 Å². The fourth-order valence-corrected chi connectivity index (χ4v) is 2.00. The number of aryl methyl sites for hydroxylation is 1. The van der Waals surface area contributed by atoms with Crippen LogP contribution in [0.2, 0.25) is 0 Å². The van der Waals surface area contributed by atoms with Crippen LogP contribution in [0.25, 0.3) is 0 Å². The summed E-state index contributed by atoms with van der Waals surface area (Å²) in [6, 6.07) is 9.65. The van der Waals surface area contributed by atoms with Crippen LogP contribution in [0, 0.1) is 17.5 Å². The summed E-state index contributed by atoms with van der Waals surface area (Å²) in [5, 5.41) is 7.53. The molecule has 0 aromatic heterocycles. The van der Waals surface area contributed by atoms with Crippen molar-refractivity contribution in [2.45, 2.75) is 26.2 Å². The van der Waals surface area contributed by atoms with Gasteiger partial charge in [0.1, 0.15) is 0 Å². The lowest BCUT2D eigenvalue weighted by atomic mass is 10.1. The minimum Gasteiger partial charge on any atom is -0.204 e. The van der Waals surface area contributed by atoms with Crippen LogP contribution in [0.3, 0.4) is 0 Å². The maximum Gasteiger partial charge on any atom is 0.194 e. The van der Waals surface area contributed by atoms with Crippen LogP contribution in [0.5, 0.6) is 0 Å². The van der Waals surface area contributed by atoms with Crippen LogP contribution in [0.1, 0.15) is 36.5 Å². The van der Waals surface area contributed by atoms with Crippen molar-refractivity contribution < 1.29 is 13.2 Å². The molecule has 0 heterocycles. The van der Waals surface area contributed by atoms with Gasteiger partial charge in [0.15, 0.2) is 17.5 Å². The van der Waals surface area contributed by atoms with E-state index in [1.165, 1.54) is 11.8 Å². The van der Waals surface area contributed by atoms with Crippen molar-refractivity contribution in [1.82, 2.24) is 0 Å². The summed E-state index contributed by atoms with van der Waals surface area (Å²) in [7, 11) is 0. The summed E-state index contributed by atoms with van der Waals surface area (Å²) >= 11 is 0. The third-order valence-corrected chi connectivity index (χ3v) is 3.29. The maximum atomic E-state index is 13.0. The van der Waals surface area contributed by atoms with E-state index in [2.05, 4.69) is 17.1 Å². The summed E-state index contributed by atoms with van der Waals surface area (Å²) in [5.41, 5.74) is 2.25. The molecule has 0 saturated carbocycles. The van der Waals surface area contributed by atoms with E-state index in [0.29, 0.717) is 0 Å². The Bertz CT molecular complexity index is 684. The third kappa shape index (κ3) is 5.06. The zero-order chi connectivity index (χ0) is 16.7. The Labute approximate surface area is 133 Å². The van der Waals surface area contributed by atoms with Crippen LogP contribution in [-0.2, 0) is 6.42 Å². The van der Waals surface area contributed by atoms with Crippen molar-refractivity contribution in [3.63, 3.8) is 0 Å². The standard InChI is InChI=1S/C18H17F3N2/c1-2-3-4-13-5-7-14(8-6-13)11-22-23-12-15-9-16(19)18(21)17(20)10-15/h5-12H,2-4H2,1H3. The van der Waals surface area contributed by atoms with Gasteiger partial charge in [-0.25, -0.2) is 13.2 Å². The number of nitrogens with zero attached hydrogens (tertiary/aromatic N) is 2. The van der Waals surface area contributed by atoms with E-state index in [-0.39, 0.29) is 5.56 Å². The van der Waals surface area contributed by atoms with Gasteiger partial charge >= 0.3 is 0 Å². The van der Waals surface area contributed by atoms with E-state index in [0.717, 1.165) is 43.2 Å². The van der Waals surface area contributed by atoms with Gasteiger partial charge in [-0.05, 0) is 36.1 Å². The van der Waals surface area contributed by atoms with Gasteiger partial charge in [0, 0.05) is 5.56 Å². The van der Waals surface area contributed by atoms with Crippen molar-refractivity contribution >= 4 is 12.4 Å². The van der Waals surface area contributed by atoms with Crippen LogP contribution in [0.15, 0.2) is 46.6 Å². The first-order chi connectivity index (χ1) is 11.1. The second kappa shape index (κ2) is 8.27. The minimum atomic E-state index is -1.49. The molecule has 0 N–H and O–H groups in total. The average molecular weight is 318 g/mol. The van der Waals surface area contributed by atoms with Crippen molar-refractivity contribution in [2.75, 3.05) is 0 Å². The molecule has 0 aliphatic heterocycles. The molecule has 0 spiro atoms. The van der Waals surface area contributed by atoms with Gasteiger partial charge in [-0.3, -0.25) is 0 Å². The molecule has 0 radical (unpaired) electrons. The third-order valence-electron chi connectivity index (χ3n) is 3.29. The molecule has 120 valence electrons. The molecule has 0 aliphatic rings. The lowest BCUT2D eigenvalue weighted by Crippen LogP contribution is -1.93. The SMILES string of the molecule is CCCCc1ccc(C=NN=Cc2cc(F)c(F)c(F)c2)cc1. The van der Waals surface area contributed by atoms with Crippen molar-refractivity contribution in [2.24, 2.45) is 10.2 Å². The van der Waals surface area contributed by atoms with Crippen LogP contribution in [0.4, 0.5) is 13.2 Å². The van der Waals surface area contributed by atoms with Crippen LogP contribution >= 0.6 is 0 Å². The molecular weight excluding hydrogens is 301 g/mol. The smallest absolute Gasteiger partial charge is 0.194 e. The van der Waals surface area contributed by atoms with Gasteiger partial charge in [0.25, 0.3) is 0 Å². The highest BCUT2D eigenvalue weighted by Crippen LogP contribution is 2.12. The Hall–Kier alpha value is -2.43. The Morgan fingerprint density at radius 3 is 2.00 bits per heavy atom. The molecule has 2 aromatic rings. The lowest BCUT2D eigenvalue weighted by molar-refractivity contribution is 0.447. The predicted molar refractivity (Wildman–Crippen MR) is 86.6 cm³/mol. The Morgan fingerprint density at radius 1 is 0.870 bits per heavy atom. The summed E-state index contributed by atoms with van der Waals surface area (Å²) in [6.07, 6.45) is 6.06. The largest absolute Gasteiger partial charge is 0.204 e. The number of hydrogen-bond acceptors (Lipinski definition) is 2. The van der Waals surface area contributed by atoms with Gasteiger partial charge in [-0.2, -0.15) is 10.2 Å². The summed E-state index contributed by atoms with van der Waals surface area (Å²) in [5.74, 6) is -4.00. The van der Waals surface area contributed by atoms with Crippen LogP contribution < -0.4 is 0 Å². The molecule has 0 bridgehead atoms. The fourth-order valence-electron chi connectivity index (χ4n) is 2.00. The van der Waals surface area contributed by atoms with Gasteiger partial charge in [0.2, 0.25) is 0 Å². The fraction of sp³-hybridized carbons (Fsp3) is 0.222. The van der Waals surface area contributed by atoms with Crippen molar-refractivity contribution in [3.8, 4) is 0 Å². The van der Waals surface area contributed by atoms with E-state index in [9.17, 15) is 13.2 Å². The highest BCUT2D eigenvalue weighted by molar-refractivity contribution is 5.82. The molecule has 2 nitrogen and oxygen atoms in total. The average Bonchev–Trinajstić information content (AvgIpc) is 2.55. The first kappa shape index (κ1) is 16.9. The van der Waals surface area contributed by atoms with Gasteiger partial charge in [0.05, 0.1) is 12.4 Å². The second-order valence-electron chi connectivity index (χ2n) is 5.13. The molecule has 2 aromatic carbocycles. The van der Waals surface area contributed by atoms with E-state index in [4.69, 9.17) is 0 Å². The van der Waals surface area contributed by atoms with E-state index in [1.54, 1.807) is 0 Å². The van der Waals surface area contributed by atoms with Crippen molar-refractivity contribution in [1.29, 1.82) is 0 Å². The molecule has 5 heteroatoms. The minimum absolute atomic E-state index is 0.105. The highest BCUT2D eigenvalue weighted by atomic mass is 19.2. The molecule has 0 aliphatic carbocycles. The second-order valence-corrected chi connectivity index (χ2v) is 5.13. The first-order valence-corrected chi connectivity index (χ1v) is 7.40. The van der Waals surface area contributed by atoms with Crippen LogP contribution in [-0.4, -0.2) is 12.4 Å². The first-order valence-electron chi connectivity index (χ1n) is 7.40. The van der Waals surface area contributed by atoms with Gasteiger partial charge in [-0.1, -0.05) is 37.6 Å². The van der Waals surface area contributed by atoms with E-state index >= 15 is 0 Å². The normalized spacial score (nSPS) is 11.7.